The van der Waals surface area contributed by atoms with E-state index in [2.05, 4.69) is 20.3 Å². The Bertz CT molecular complexity index is 510. The molecule has 78 valence electrons. The second kappa shape index (κ2) is 4.36. The molecular weight excluding hydrogens is 202 g/mol. The van der Waals surface area contributed by atoms with Crippen LogP contribution in [0.15, 0.2) is 30.7 Å². The summed E-state index contributed by atoms with van der Waals surface area (Å²) in [7, 11) is 0. The zero-order chi connectivity index (χ0) is 11.4. The Kier molecular flexibility index (Phi) is 2.74. The predicted octanol–water partition coefficient (Wildman–Crippen LogP) is 1.80. The topological polar surface area (TPSA) is 74.5 Å². The lowest BCUT2D eigenvalue weighted by Crippen LogP contribution is -1.96. The zero-order valence-corrected chi connectivity index (χ0v) is 8.68. The molecule has 2 aromatic rings. The van der Waals surface area contributed by atoms with E-state index in [0.717, 1.165) is 11.4 Å². The third-order valence-corrected chi connectivity index (χ3v) is 1.95. The monoisotopic (exact) mass is 211 g/mol. The van der Waals surface area contributed by atoms with Gasteiger partial charge in [0.1, 0.15) is 11.9 Å². The van der Waals surface area contributed by atoms with Crippen molar-refractivity contribution in [2.24, 2.45) is 0 Å². The normalized spacial score (nSPS) is 9.50. The predicted molar refractivity (Wildman–Crippen MR) is 59.0 cm³/mol. The summed E-state index contributed by atoms with van der Waals surface area (Å²) in [5, 5.41) is 11.6. The van der Waals surface area contributed by atoms with Crippen LogP contribution in [-0.2, 0) is 0 Å². The first kappa shape index (κ1) is 10.1. The fourth-order valence-electron chi connectivity index (χ4n) is 1.14. The fourth-order valence-corrected chi connectivity index (χ4v) is 1.14. The van der Waals surface area contributed by atoms with Crippen molar-refractivity contribution in [2.45, 2.75) is 6.92 Å². The molecule has 0 amide bonds. The maximum absolute atomic E-state index is 8.57. The average molecular weight is 211 g/mol. The van der Waals surface area contributed by atoms with Gasteiger partial charge in [-0.05, 0) is 19.1 Å². The highest BCUT2D eigenvalue weighted by molar-refractivity contribution is 5.53. The molecule has 0 radical (unpaired) electrons. The molecule has 0 saturated carbocycles. The van der Waals surface area contributed by atoms with E-state index in [1.807, 2.05) is 25.1 Å². The Morgan fingerprint density at radius 2 is 2.00 bits per heavy atom. The molecule has 0 aliphatic carbocycles. The van der Waals surface area contributed by atoms with E-state index in [1.54, 1.807) is 6.20 Å². The quantitative estimate of drug-likeness (QED) is 0.819. The van der Waals surface area contributed by atoms with Crippen molar-refractivity contribution in [1.82, 2.24) is 15.0 Å². The number of nitrogens with zero attached hydrogens (tertiary/aromatic N) is 4. The summed E-state index contributed by atoms with van der Waals surface area (Å²) < 4.78 is 0. The number of nitriles is 1. The van der Waals surface area contributed by atoms with Crippen LogP contribution in [0.4, 0.5) is 11.5 Å². The number of aryl methyl sites for hydroxylation is 1. The molecule has 0 aliphatic rings. The molecule has 0 bridgehead atoms. The van der Waals surface area contributed by atoms with Crippen LogP contribution in [0.3, 0.4) is 0 Å². The van der Waals surface area contributed by atoms with E-state index >= 15 is 0 Å². The highest BCUT2D eigenvalue weighted by atomic mass is 15.0. The number of nitrogens with one attached hydrogen (secondary N) is 1. The van der Waals surface area contributed by atoms with Crippen LogP contribution in [0.2, 0.25) is 0 Å². The van der Waals surface area contributed by atoms with Gasteiger partial charge in [-0.25, -0.2) is 9.97 Å². The van der Waals surface area contributed by atoms with Gasteiger partial charge in [-0.15, -0.1) is 0 Å². The van der Waals surface area contributed by atoms with Crippen LogP contribution in [0.5, 0.6) is 0 Å². The van der Waals surface area contributed by atoms with Crippen molar-refractivity contribution < 1.29 is 0 Å². The third-order valence-electron chi connectivity index (χ3n) is 1.95. The smallest absolute Gasteiger partial charge is 0.158 e. The molecule has 0 aliphatic heterocycles. The fraction of sp³-hybridized carbons (Fsp3) is 0.0909. The molecular formula is C11H9N5. The molecule has 0 saturated heterocycles. The Morgan fingerprint density at radius 3 is 2.56 bits per heavy atom. The maximum Gasteiger partial charge on any atom is 0.158 e. The standard InChI is InChI=1S/C11H9N5/c1-8-2-3-9(5-13-8)16-11-7-14-10(4-12)6-15-11/h2-3,5-7H,1H3,(H,15,16). The minimum atomic E-state index is 0.299. The lowest BCUT2D eigenvalue weighted by atomic mass is 10.3. The first-order valence-electron chi connectivity index (χ1n) is 4.70. The molecule has 5 nitrogen and oxygen atoms in total. The van der Waals surface area contributed by atoms with E-state index in [-0.39, 0.29) is 0 Å². The number of hydrogen-bond donors (Lipinski definition) is 1. The van der Waals surface area contributed by atoms with E-state index < -0.39 is 0 Å². The van der Waals surface area contributed by atoms with Gasteiger partial charge in [0.15, 0.2) is 5.69 Å². The Morgan fingerprint density at radius 1 is 1.12 bits per heavy atom. The van der Waals surface area contributed by atoms with Crippen LogP contribution in [0, 0.1) is 18.3 Å². The molecule has 0 unspecified atom stereocenters. The maximum atomic E-state index is 8.57. The van der Waals surface area contributed by atoms with Crippen LogP contribution < -0.4 is 5.32 Å². The van der Waals surface area contributed by atoms with Crippen LogP contribution in [-0.4, -0.2) is 15.0 Å². The molecule has 0 fully saturated rings. The van der Waals surface area contributed by atoms with E-state index in [1.165, 1.54) is 12.4 Å². The van der Waals surface area contributed by atoms with Gasteiger partial charge in [0, 0.05) is 5.69 Å². The summed E-state index contributed by atoms with van der Waals surface area (Å²) in [5.74, 6) is 0.588. The first-order valence-corrected chi connectivity index (χ1v) is 4.70. The first-order chi connectivity index (χ1) is 7.78. The van der Waals surface area contributed by atoms with Crippen LogP contribution >= 0.6 is 0 Å². The summed E-state index contributed by atoms with van der Waals surface area (Å²) >= 11 is 0. The van der Waals surface area contributed by atoms with E-state index in [0.29, 0.717) is 11.5 Å². The van der Waals surface area contributed by atoms with Gasteiger partial charge in [-0.1, -0.05) is 0 Å². The van der Waals surface area contributed by atoms with Gasteiger partial charge in [-0.2, -0.15) is 5.26 Å². The molecule has 5 heteroatoms. The largest absolute Gasteiger partial charge is 0.338 e. The van der Waals surface area contributed by atoms with Crippen LogP contribution in [0.25, 0.3) is 0 Å². The number of hydrogen-bond acceptors (Lipinski definition) is 5. The minimum absolute atomic E-state index is 0.299. The number of anilines is 2. The van der Waals surface area contributed by atoms with E-state index in [9.17, 15) is 0 Å². The van der Waals surface area contributed by atoms with Gasteiger partial charge in [0.25, 0.3) is 0 Å². The number of aromatic nitrogens is 3. The number of rotatable bonds is 2. The molecule has 16 heavy (non-hydrogen) atoms. The van der Waals surface area contributed by atoms with Crippen molar-refractivity contribution in [1.29, 1.82) is 5.26 Å². The third kappa shape index (κ3) is 2.30. The van der Waals surface area contributed by atoms with Crippen molar-refractivity contribution in [3.05, 3.63) is 42.1 Å². The molecule has 1 N–H and O–H groups in total. The second-order valence-electron chi connectivity index (χ2n) is 3.21. The average Bonchev–Trinajstić information content (AvgIpc) is 2.33. The van der Waals surface area contributed by atoms with Crippen molar-refractivity contribution in [2.75, 3.05) is 5.32 Å². The Hall–Kier alpha value is -2.48. The zero-order valence-electron chi connectivity index (χ0n) is 8.68. The van der Waals surface area contributed by atoms with Crippen LogP contribution in [0.1, 0.15) is 11.4 Å². The molecule has 2 aromatic heterocycles. The molecule has 2 rings (SSSR count). The highest BCUT2D eigenvalue weighted by Crippen LogP contribution is 2.12. The van der Waals surface area contributed by atoms with E-state index in [4.69, 9.17) is 5.26 Å². The number of pyridine rings is 1. The summed E-state index contributed by atoms with van der Waals surface area (Å²) in [6.45, 7) is 1.92. The molecule has 2 heterocycles. The minimum Gasteiger partial charge on any atom is -0.338 e. The SMILES string of the molecule is Cc1ccc(Nc2cnc(C#N)cn2)cn1. The van der Waals surface area contributed by atoms with Gasteiger partial charge >= 0.3 is 0 Å². The van der Waals surface area contributed by atoms with Crippen molar-refractivity contribution in [3.8, 4) is 6.07 Å². The molecule has 0 spiro atoms. The molecule has 0 aromatic carbocycles. The summed E-state index contributed by atoms with van der Waals surface area (Å²) in [4.78, 5) is 12.1. The van der Waals surface area contributed by atoms with Gasteiger partial charge in [0.05, 0.1) is 24.3 Å². The van der Waals surface area contributed by atoms with Gasteiger partial charge < -0.3 is 5.32 Å². The van der Waals surface area contributed by atoms with Gasteiger partial charge in [-0.3, -0.25) is 4.98 Å². The Labute approximate surface area is 92.8 Å². The van der Waals surface area contributed by atoms with Crippen molar-refractivity contribution >= 4 is 11.5 Å². The summed E-state index contributed by atoms with van der Waals surface area (Å²) in [6.07, 6.45) is 4.65. The lowest BCUT2D eigenvalue weighted by molar-refractivity contribution is 1.15. The van der Waals surface area contributed by atoms with Crippen molar-refractivity contribution in [3.63, 3.8) is 0 Å². The summed E-state index contributed by atoms with van der Waals surface area (Å²) in [5.41, 5.74) is 2.09. The Balaban J connectivity index is 2.15. The lowest BCUT2D eigenvalue weighted by Gasteiger charge is -2.04. The molecule has 0 atom stereocenters. The summed E-state index contributed by atoms with van der Waals surface area (Å²) in [6, 6.07) is 5.72. The van der Waals surface area contributed by atoms with Gasteiger partial charge in [0.2, 0.25) is 0 Å². The highest BCUT2D eigenvalue weighted by Gasteiger charge is 1.97. The second-order valence-corrected chi connectivity index (χ2v) is 3.21.